The molecule has 0 aromatic heterocycles. The molecule has 0 aromatic rings. The van der Waals surface area contributed by atoms with E-state index in [0.29, 0.717) is 0 Å². The van der Waals surface area contributed by atoms with Crippen LogP contribution in [0.2, 0.25) is 0 Å². The van der Waals surface area contributed by atoms with Crippen molar-refractivity contribution in [1.82, 2.24) is 10.7 Å². The van der Waals surface area contributed by atoms with E-state index in [0.717, 1.165) is 5.12 Å². The molecule has 0 aliphatic rings. The maximum absolute atomic E-state index is 8.40. The number of hydrogen-bond acceptors (Lipinski definition) is 5. The van der Waals surface area contributed by atoms with Crippen molar-refractivity contribution >= 4 is 0 Å². The highest BCUT2D eigenvalue weighted by Crippen LogP contribution is 1.94. The van der Waals surface area contributed by atoms with E-state index in [1.54, 1.807) is 12.5 Å². The van der Waals surface area contributed by atoms with E-state index < -0.39 is 0 Å². The third-order valence-corrected chi connectivity index (χ3v) is 0.974. The van der Waals surface area contributed by atoms with Crippen molar-refractivity contribution in [3.8, 4) is 0 Å². The van der Waals surface area contributed by atoms with E-state index in [4.69, 9.17) is 9.94 Å². The summed E-state index contributed by atoms with van der Waals surface area (Å²) in [4.78, 5) is 0. The molecule has 0 aliphatic heterocycles. The van der Waals surface area contributed by atoms with E-state index in [1.165, 1.54) is 14.2 Å². The molecule has 1 atom stereocenters. The van der Waals surface area contributed by atoms with E-state index in [9.17, 15) is 0 Å². The van der Waals surface area contributed by atoms with Gasteiger partial charge in [-0.25, -0.2) is 0 Å². The maximum atomic E-state index is 8.40. The first kappa shape index (κ1) is 9.28. The normalized spacial score (nSPS) is 14.0. The van der Waals surface area contributed by atoms with Crippen LogP contribution in [0.15, 0.2) is 10.3 Å². The summed E-state index contributed by atoms with van der Waals surface area (Å²) >= 11 is 0. The van der Waals surface area contributed by atoms with Crippen molar-refractivity contribution in [2.75, 3.05) is 14.2 Å². The van der Waals surface area contributed by atoms with Crippen LogP contribution in [0.5, 0.6) is 0 Å². The summed E-state index contributed by atoms with van der Waals surface area (Å²) in [6.07, 6.45) is -0.353. The summed E-state index contributed by atoms with van der Waals surface area (Å²) in [6, 6.07) is 0. The first-order valence-electron chi connectivity index (χ1n) is 2.77. The monoisotopic (exact) mass is 148 g/mol. The molecule has 0 amide bonds. The van der Waals surface area contributed by atoms with Gasteiger partial charge in [0.1, 0.15) is 0 Å². The highest BCUT2D eigenvalue weighted by atomic mass is 16.6. The second-order valence-electron chi connectivity index (χ2n) is 1.57. The van der Waals surface area contributed by atoms with Gasteiger partial charge in [0.15, 0.2) is 6.23 Å². The molecule has 1 unspecified atom stereocenters. The van der Waals surface area contributed by atoms with Crippen LogP contribution in [0.4, 0.5) is 0 Å². The first-order chi connectivity index (χ1) is 4.76. The van der Waals surface area contributed by atoms with Gasteiger partial charge in [-0.05, 0) is 6.92 Å². The number of ether oxygens (including phenoxy) is 1. The Morgan fingerprint density at radius 3 is 2.60 bits per heavy atom. The van der Waals surface area contributed by atoms with Gasteiger partial charge in [-0.2, -0.15) is 10.2 Å². The van der Waals surface area contributed by atoms with E-state index in [2.05, 4.69) is 10.3 Å². The zero-order valence-corrected chi connectivity index (χ0v) is 6.27. The largest absolute Gasteiger partial charge is 0.359 e. The topological polar surface area (TPSA) is 69.5 Å². The van der Waals surface area contributed by atoms with Crippen molar-refractivity contribution in [3.05, 3.63) is 0 Å². The van der Waals surface area contributed by atoms with Gasteiger partial charge in [0.25, 0.3) is 0 Å². The lowest BCUT2D eigenvalue weighted by Gasteiger charge is -2.19. The zero-order chi connectivity index (χ0) is 7.98. The fourth-order valence-electron chi connectivity index (χ4n) is 0.370. The minimum atomic E-state index is -0.353. The highest BCUT2D eigenvalue weighted by Gasteiger charge is 2.07. The molecule has 0 aliphatic carbocycles. The number of methoxy groups -OCH3 is 1. The Labute approximate surface area is 59.4 Å². The lowest BCUT2D eigenvalue weighted by Crippen LogP contribution is -2.38. The minimum Gasteiger partial charge on any atom is -0.359 e. The van der Waals surface area contributed by atoms with Crippen LogP contribution in [0, 0.1) is 0 Å². The van der Waals surface area contributed by atoms with E-state index in [-0.39, 0.29) is 6.23 Å². The summed E-state index contributed by atoms with van der Waals surface area (Å²) in [6.45, 7) is 1.71. The molecule has 6 heteroatoms. The fourth-order valence-corrected chi connectivity index (χ4v) is 0.370. The molecule has 0 saturated carbocycles. The standard InChI is InChI=1S/C4H12N4O2/c1-4(10-3)8(7-9)6-5-2/h4,7,9H,1-3H3/b6-5-. The average molecular weight is 148 g/mol. The number of rotatable bonds is 4. The van der Waals surface area contributed by atoms with Crippen LogP contribution < -0.4 is 5.59 Å². The molecular weight excluding hydrogens is 136 g/mol. The first-order valence-corrected chi connectivity index (χ1v) is 2.77. The van der Waals surface area contributed by atoms with Crippen molar-refractivity contribution < 1.29 is 9.94 Å². The number of hydrazine groups is 1. The zero-order valence-electron chi connectivity index (χ0n) is 6.27. The van der Waals surface area contributed by atoms with Crippen LogP contribution in [-0.4, -0.2) is 30.7 Å². The van der Waals surface area contributed by atoms with Crippen LogP contribution in [0.25, 0.3) is 0 Å². The van der Waals surface area contributed by atoms with Gasteiger partial charge in [-0.1, -0.05) is 10.8 Å². The second kappa shape index (κ2) is 5.10. The van der Waals surface area contributed by atoms with Gasteiger partial charge < -0.3 is 4.74 Å². The molecule has 0 heterocycles. The molecule has 60 valence electrons. The molecule has 0 saturated heterocycles. The average Bonchev–Trinajstić information content (AvgIpc) is 1.99. The summed E-state index contributed by atoms with van der Waals surface area (Å²) in [5.41, 5.74) is 1.80. The van der Waals surface area contributed by atoms with Crippen molar-refractivity contribution in [2.24, 2.45) is 10.3 Å². The highest BCUT2D eigenvalue weighted by molar-refractivity contribution is 4.37. The Bertz CT molecular complexity index is 107. The van der Waals surface area contributed by atoms with Gasteiger partial charge in [0.2, 0.25) is 0 Å². The van der Waals surface area contributed by atoms with E-state index >= 15 is 0 Å². The van der Waals surface area contributed by atoms with Crippen LogP contribution in [-0.2, 0) is 4.74 Å². The Kier molecular flexibility index (Phi) is 4.73. The molecule has 10 heavy (non-hydrogen) atoms. The molecular formula is C4H12N4O2. The van der Waals surface area contributed by atoms with Gasteiger partial charge in [0, 0.05) is 7.11 Å². The summed E-state index contributed by atoms with van der Waals surface area (Å²) < 4.78 is 4.81. The van der Waals surface area contributed by atoms with Crippen molar-refractivity contribution in [3.63, 3.8) is 0 Å². The third kappa shape index (κ3) is 2.72. The Balaban J connectivity index is 3.79. The van der Waals surface area contributed by atoms with E-state index in [1.807, 2.05) is 0 Å². The van der Waals surface area contributed by atoms with Gasteiger partial charge >= 0.3 is 0 Å². The predicted octanol–water partition coefficient (Wildman–Crippen LogP) is 0.172. The van der Waals surface area contributed by atoms with Crippen LogP contribution >= 0.6 is 0 Å². The Morgan fingerprint density at radius 2 is 2.30 bits per heavy atom. The predicted molar refractivity (Wildman–Crippen MR) is 34.0 cm³/mol. The second-order valence-corrected chi connectivity index (χ2v) is 1.57. The molecule has 2 N–H and O–H groups in total. The van der Waals surface area contributed by atoms with Crippen LogP contribution in [0.3, 0.4) is 0 Å². The van der Waals surface area contributed by atoms with Gasteiger partial charge in [-0.3, -0.25) is 5.21 Å². The SMILES string of the molecule is C/N=N\N(NO)C(C)OC. The number of hydrogen-bond donors (Lipinski definition) is 2. The molecule has 0 rings (SSSR count). The number of nitrogens with zero attached hydrogens (tertiary/aromatic N) is 3. The quantitative estimate of drug-likeness (QED) is 0.339. The Hall–Kier alpha value is -0.720. The summed E-state index contributed by atoms with van der Waals surface area (Å²) in [5, 5.41) is 16.4. The third-order valence-electron chi connectivity index (χ3n) is 0.974. The molecule has 0 spiro atoms. The molecule has 0 radical (unpaired) electrons. The Morgan fingerprint density at radius 1 is 1.70 bits per heavy atom. The lowest BCUT2D eigenvalue weighted by molar-refractivity contribution is -0.131. The molecule has 6 nitrogen and oxygen atoms in total. The molecule has 0 aromatic carbocycles. The minimum absolute atomic E-state index is 0.353. The van der Waals surface area contributed by atoms with Gasteiger partial charge in [-0.15, -0.1) is 0 Å². The number of nitrogens with one attached hydrogen (secondary N) is 1. The summed E-state index contributed by atoms with van der Waals surface area (Å²) in [7, 11) is 2.99. The van der Waals surface area contributed by atoms with Crippen molar-refractivity contribution in [1.29, 1.82) is 0 Å². The smallest absolute Gasteiger partial charge is 0.162 e. The molecule has 0 bridgehead atoms. The van der Waals surface area contributed by atoms with Gasteiger partial charge in [0.05, 0.1) is 7.05 Å². The molecule has 0 fully saturated rings. The lowest BCUT2D eigenvalue weighted by atomic mass is 10.7. The summed E-state index contributed by atoms with van der Waals surface area (Å²) in [5.74, 6) is 0. The van der Waals surface area contributed by atoms with Crippen LogP contribution in [0.1, 0.15) is 6.92 Å². The maximum Gasteiger partial charge on any atom is 0.162 e. The fraction of sp³-hybridized carbons (Fsp3) is 1.00. The van der Waals surface area contributed by atoms with Crippen molar-refractivity contribution in [2.45, 2.75) is 13.2 Å².